The third-order valence-corrected chi connectivity index (χ3v) is 1.98. The fraction of sp³-hybridized carbons (Fsp3) is 0.571. The number of hydrogen-bond donors (Lipinski definition) is 1. The van der Waals surface area contributed by atoms with Crippen LogP contribution in [0.5, 0.6) is 0 Å². The SMILES string of the molecule is Cc1c(N)cnn1C1CC1. The molecule has 0 unspecified atom stereocenters. The van der Waals surface area contributed by atoms with Gasteiger partial charge in [-0.2, -0.15) is 5.10 Å². The van der Waals surface area contributed by atoms with E-state index >= 15 is 0 Å². The minimum atomic E-state index is 0.650. The number of nitrogen functional groups attached to an aromatic ring is 1. The number of hydrogen-bond acceptors (Lipinski definition) is 2. The van der Waals surface area contributed by atoms with E-state index in [9.17, 15) is 0 Å². The summed E-state index contributed by atoms with van der Waals surface area (Å²) in [6.07, 6.45) is 4.26. The molecule has 0 atom stereocenters. The third kappa shape index (κ3) is 0.701. The minimum absolute atomic E-state index is 0.650. The van der Waals surface area contributed by atoms with Crippen LogP contribution in [0.1, 0.15) is 24.6 Å². The van der Waals surface area contributed by atoms with E-state index in [0.717, 1.165) is 11.4 Å². The van der Waals surface area contributed by atoms with Gasteiger partial charge in [-0.3, -0.25) is 4.68 Å². The lowest BCUT2D eigenvalue weighted by atomic mass is 10.4. The predicted octanol–water partition coefficient (Wildman–Crippen LogP) is 1.11. The number of aromatic nitrogens is 2. The van der Waals surface area contributed by atoms with Crippen LogP contribution in [0.2, 0.25) is 0 Å². The maximum absolute atomic E-state index is 5.62. The van der Waals surface area contributed by atoms with Gasteiger partial charge in [0.2, 0.25) is 0 Å². The van der Waals surface area contributed by atoms with Gasteiger partial charge in [-0.15, -0.1) is 0 Å². The Hall–Kier alpha value is -0.990. The Labute approximate surface area is 59.8 Å². The van der Waals surface area contributed by atoms with Gasteiger partial charge in [0.05, 0.1) is 23.6 Å². The van der Waals surface area contributed by atoms with Gasteiger partial charge in [0.15, 0.2) is 0 Å². The van der Waals surface area contributed by atoms with Gasteiger partial charge < -0.3 is 5.73 Å². The molecule has 3 nitrogen and oxygen atoms in total. The van der Waals surface area contributed by atoms with Crippen LogP contribution in [0.3, 0.4) is 0 Å². The highest BCUT2D eigenvalue weighted by Crippen LogP contribution is 2.35. The summed E-state index contributed by atoms with van der Waals surface area (Å²) in [7, 11) is 0. The van der Waals surface area contributed by atoms with E-state index < -0.39 is 0 Å². The molecular formula is C7H11N3. The Morgan fingerprint density at radius 3 is 2.80 bits per heavy atom. The van der Waals surface area contributed by atoms with Crippen LogP contribution >= 0.6 is 0 Å². The Kier molecular flexibility index (Phi) is 1.01. The van der Waals surface area contributed by atoms with E-state index in [-0.39, 0.29) is 0 Å². The molecule has 1 fully saturated rings. The number of nitrogens with two attached hydrogens (primary N) is 1. The average molecular weight is 137 g/mol. The van der Waals surface area contributed by atoms with Crippen molar-refractivity contribution < 1.29 is 0 Å². The van der Waals surface area contributed by atoms with Crippen LogP contribution in [0.4, 0.5) is 5.69 Å². The summed E-state index contributed by atoms with van der Waals surface area (Å²) in [6, 6.07) is 0.650. The van der Waals surface area contributed by atoms with Gasteiger partial charge in [-0.25, -0.2) is 0 Å². The monoisotopic (exact) mass is 137 g/mol. The molecule has 54 valence electrons. The highest BCUT2D eigenvalue weighted by molar-refractivity contribution is 5.40. The molecule has 0 aromatic carbocycles. The minimum Gasteiger partial charge on any atom is -0.396 e. The van der Waals surface area contributed by atoms with E-state index in [1.54, 1.807) is 6.20 Å². The highest BCUT2D eigenvalue weighted by Gasteiger charge is 2.25. The summed E-state index contributed by atoms with van der Waals surface area (Å²) in [5.74, 6) is 0. The molecule has 0 aliphatic heterocycles. The first-order valence-electron chi connectivity index (χ1n) is 3.58. The number of nitrogens with zero attached hydrogens (tertiary/aromatic N) is 2. The highest BCUT2D eigenvalue weighted by atomic mass is 15.3. The Morgan fingerprint density at radius 2 is 2.40 bits per heavy atom. The van der Waals surface area contributed by atoms with Crippen LogP contribution in [0, 0.1) is 6.92 Å². The molecule has 0 radical (unpaired) electrons. The van der Waals surface area contributed by atoms with Crippen molar-refractivity contribution in [2.45, 2.75) is 25.8 Å². The maximum Gasteiger partial charge on any atom is 0.0730 e. The lowest BCUT2D eigenvalue weighted by molar-refractivity contribution is 0.623. The molecular weight excluding hydrogens is 126 g/mol. The molecule has 0 saturated heterocycles. The van der Waals surface area contributed by atoms with Crippen molar-refractivity contribution in [2.75, 3.05) is 5.73 Å². The van der Waals surface area contributed by atoms with Gasteiger partial charge in [0, 0.05) is 0 Å². The number of rotatable bonds is 1. The summed E-state index contributed by atoms with van der Waals surface area (Å²) >= 11 is 0. The lowest BCUT2D eigenvalue weighted by Crippen LogP contribution is -1.98. The Bertz CT molecular complexity index is 247. The standard InChI is InChI=1S/C7H11N3/c1-5-7(8)4-9-10(5)6-2-3-6/h4,6H,2-3,8H2,1H3. The second kappa shape index (κ2) is 1.75. The second-order valence-corrected chi connectivity index (χ2v) is 2.86. The van der Waals surface area contributed by atoms with Crippen molar-refractivity contribution in [1.82, 2.24) is 9.78 Å². The molecule has 1 heterocycles. The van der Waals surface area contributed by atoms with E-state index in [2.05, 4.69) is 5.10 Å². The van der Waals surface area contributed by atoms with Gasteiger partial charge in [-0.05, 0) is 19.8 Å². The van der Waals surface area contributed by atoms with Gasteiger partial charge in [-0.1, -0.05) is 0 Å². The zero-order valence-corrected chi connectivity index (χ0v) is 6.04. The van der Waals surface area contributed by atoms with Gasteiger partial charge >= 0.3 is 0 Å². The summed E-state index contributed by atoms with van der Waals surface area (Å²) < 4.78 is 2.02. The average Bonchev–Trinajstić information content (AvgIpc) is 2.67. The van der Waals surface area contributed by atoms with E-state index in [1.165, 1.54) is 12.8 Å². The molecule has 2 N–H and O–H groups in total. The molecule has 0 amide bonds. The first-order valence-corrected chi connectivity index (χ1v) is 3.58. The predicted molar refractivity (Wildman–Crippen MR) is 39.6 cm³/mol. The summed E-state index contributed by atoms with van der Waals surface area (Å²) in [5, 5.41) is 4.17. The quantitative estimate of drug-likeness (QED) is 0.630. The molecule has 0 spiro atoms. The van der Waals surface area contributed by atoms with Crippen molar-refractivity contribution in [3.63, 3.8) is 0 Å². The van der Waals surface area contributed by atoms with Gasteiger partial charge in [0.25, 0.3) is 0 Å². The molecule has 1 saturated carbocycles. The van der Waals surface area contributed by atoms with Crippen molar-refractivity contribution in [3.05, 3.63) is 11.9 Å². The molecule has 1 aromatic heterocycles. The maximum atomic E-state index is 5.62. The molecule has 1 aromatic rings. The third-order valence-electron chi connectivity index (χ3n) is 1.98. The van der Waals surface area contributed by atoms with Crippen molar-refractivity contribution >= 4 is 5.69 Å². The molecule has 3 heteroatoms. The first kappa shape index (κ1) is 5.77. The van der Waals surface area contributed by atoms with Crippen molar-refractivity contribution in [1.29, 1.82) is 0 Å². The summed E-state index contributed by atoms with van der Waals surface area (Å²) in [4.78, 5) is 0. The summed E-state index contributed by atoms with van der Waals surface area (Å²) in [6.45, 7) is 2.01. The largest absolute Gasteiger partial charge is 0.396 e. The van der Waals surface area contributed by atoms with Crippen LogP contribution in [0.15, 0.2) is 6.20 Å². The van der Waals surface area contributed by atoms with Crippen LogP contribution in [-0.4, -0.2) is 9.78 Å². The van der Waals surface area contributed by atoms with E-state index in [4.69, 9.17) is 5.73 Å². The number of anilines is 1. The Morgan fingerprint density at radius 1 is 1.70 bits per heavy atom. The summed E-state index contributed by atoms with van der Waals surface area (Å²) in [5.41, 5.74) is 7.55. The first-order chi connectivity index (χ1) is 4.79. The second-order valence-electron chi connectivity index (χ2n) is 2.86. The molecule has 0 bridgehead atoms. The normalized spacial score (nSPS) is 17.7. The molecule has 2 rings (SSSR count). The fourth-order valence-corrected chi connectivity index (χ4v) is 1.12. The Balaban J connectivity index is 2.40. The van der Waals surface area contributed by atoms with Crippen molar-refractivity contribution in [3.8, 4) is 0 Å². The molecule has 1 aliphatic carbocycles. The van der Waals surface area contributed by atoms with Crippen LogP contribution in [-0.2, 0) is 0 Å². The topological polar surface area (TPSA) is 43.8 Å². The van der Waals surface area contributed by atoms with Crippen LogP contribution < -0.4 is 5.73 Å². The van der Waals surface area contributed by atoms with E-state index in [0.29, 0.717) is 6.04 Å². The fourth-order valence-electron chi connectivity index (χ4n) is 1.12. The molecule has 1 aliphatic rings. The smallest absolute Gasteiger partial charge is 0.0730 e. The molecule has 10 heavy (non-hydrogen) atoms. The van der Waals surface area contributed by atoms with E-state index in [1.807, 2.05) is 11.6 Å². The van der Waals surface area contributed by atoms with Crippen molar-refractivity contribution in [2.24, 2.45) is 0 Å². The zero-order chi connectivity index (χ0) is 7.14. The zero-order valence-electron chi connectivity index (χ0n) is 6.04. The van der Waals surface area contributed by atoms with Gasteiger partial charge in [0.1, 0.15) is 0 Å². The van der Waals surface area contributed by atoms with Crippen LogP contribution in [0.25, 0.3) is 0 Å². The lowest BCUT2D eigenvalue weighted by Gasteiger charge is -1.99.